The van der Waals surface area contributed by atoms with Crippen LogP contribution in [-0.4, -0.2) is 28.8 Å². The first-order valence-electron chi connectivity index (χ1n) is 8.91. The topological polar surface area (TPSA) is 91.1 Å². The SMILES string of the molecule is COC(=O)c1nc2[nH]cc(C#N)c2cc1N=C(c1ccccc1)c1ccccc1. The second kappa shape index (κ2) is 7.79. The van der Waals surface area contributed by atoms with Crippen molar-refractivity contribution in [1.82, 2.24) is 9.97 Å². The van der Waals surface area contributed by atoms with Crippen LogP contribution in [0.1, 0.15) is 27.2 Å². The molecule has 0 fully saturated rings. The fraction of sp³-hybridized carbons (Fsp3) is 0.0435. The number of methoxy groups -OCH3 is 1. The van der Waals surface area contributed by atoms with Crippen LogP contribution < -0.4 is 0 Å². The van der Waals surface area contributed by atoms with Gasteiger partial charge < -0.3 is 9.72 Å². The number of hydrogen-bond donors (Lipinski definition) is 1. The van der Waals surface area contributed by atoms with Crippen molar-refractivity contribution >= 4 is 28.4 Å². The van der Waals surface area contributed by atoms with Gasteiger partial charge in [0.25, 0.3) is 0 Å². The van der Waals surface area contributed by atoms with Gasteiger partial charge in [-0.25, -0.2) is 14.8 Å². The van der Waals surface area contributed by atoms with Gasteiger partial charge >= 0.3 is 5.97 Å². The third-order valence-corrected chi connectivity index (χ3v) is 4.47. The van der Waals surface area contributed by atoms with E-state index in [-0.39, 0.29) is 5.69 Å². The first kappa shape index (κ1) is 18.1. The molecule has 0 saturated carbocycles. The lowest BCUT2D eigenvalue weighted by molar-refractivity contribution is 0.0595. The van der Waals surface area contributed by atoms with Crippen LogP contribution in [0.4, 0.5) is 5.69 Å². The fourth-order valence-electron chi connectivity index (χ4n) is 3.07. The number of pyridine rings is 1. The van der Waals surface area contributed by atoms with Crippen LogP contribution in [-0.2, 0) is 4.74 Å². The zero-order valence-corrected chi connectivity index (χ0v) is 15.6. The summed E-state index contributed by atoms with van der Waals surface area (Å²) in [6, 6.07) is 23.2. The predicted octanol–water partition coefficient (Wildman–Crippen LogP) is 4.39. The molecule has 0 aliphatic carbocycles. The van der Waals surface area contributed by atoms with E-state index in [4.69, 9.17) is 9.73 Å². The van der Waals surface area contributed by atoms with Gasteiger partial charge in [-0.1, -0.05) is 60.7 Å². The highest BCUT2D eigenvalue weighted by atomic mass is 16.5. The number of nitriles is 1. The highest BCUT2D eigenvalue weighted by Gasteiger charge is 2.19. The standard InChI is InChI=1S/C23H16N4O2/c1-29-23(28)21-19(12-18-17(13-24)14-25-22(18)27-21)26-20(15-8-4-2-5-9-15)16-10-6-3-7-11-16/h2-12,14H,1H3,(H,25,27). The molecule has 4 aromatic rings. The number of nitrogens with one attached hydrogen (secondary N) is 1. The molecular weight excluding hydrogens is 364 g/mol. The van der Waals surface area contributed by atoms with Crippen LogP contribution in [0.3, 0.4) is 0 Å². The van der Waals surface area contributed by atoms with Crippen molar-refractivity contribution < 1.29 is 9.53 Å². The zero-order valence-electron chi connectivity index (χ0n) is 15.6. The van der Waals surface area contributed by atoms with Gasteiger partial charge in [0.1, 0.15) is 11.7 Å². The van der Waals surface area contributed by atoms with E-state index in [1.807, 2.05) is 60.7 Å². The smallest absolute Gasteiger partial charge is 0.359 e. The Kier molecular flexibility index (Phi) is 4.87. The highest BCUT2D eigenvalue weighted by molar-refractivity contribution is 6.14. The van der Waals surface area contributed by atoms with E-state index in [9.17, 15) is 10.1 Å². The van der Waals surface area contributed by atoms with Gasteiger partial charge in [-0.2, -0.15) is 5.26 Å². The summed E-state index contributed by atoms with van der Waals surface area (Å²) in [4.78, 5) is 24.5. The molecule has 4 rings (SSSR count). The van der Waals surface area contributed by atoms with Gasteiger partial charge in [-0.05, 0) is 6.07 Å². The predicted molar refractivity (Wildman–Crippen MR) is 110 cm³/mol. The van der Waals surface area contributed by atoms with Gasteiger partial charge in [-0.3, -0.25) is 0 Å². The summed E-state index contributed by atoms with van der Waals surface area (Å²) < 4.78 is 4.90. The fourth-order valence-corrected chi connectivity index (χ4v) is 3.07. The molecule has 0 radical (unpaired) electrons. The molecule has 0 aliphatic heterocycles. The maximum absolute atomic E-state index is 12.4. The van der Waals surface area contributed by atoms with Crippen molar-refractivity contribution in [1.29, 1.82) is 5.26 Å². The number of rotatable bonds is 4. The van der Waals surface area contributed by atoms with Crippen molar-refractivity contribution in [3.8, 4) is 6.07 Å². The molecule has 0 amide bonds. The molecule has 0 spiro atoms. The normalized spacial score (nSPS) is 10.3. The van der Waals surface area contributed by atoms with Crippen molar-refractivity contribution in [3.63, 3.8) is 0 Å². The molecule has 0 saturated heterocycles. The highest BCUT2D eigenvalue weighted by Crippen LogP contribution is 2.28. The molecule has 0 unspecified atom stereocenters. The maximum Gasteiger partial charge on any atom is 0.359 e. The number of esters is 1. The molecule has 1 N–H and O–H groups in total. The van der Waals surface area contributed by atoms with E-state index < -0.39 is 5.97 Å². The summed E-state index contributed by atoms with van der Waals surface area (Å²) in [6.07, 6.45) is 1.56. The third kappa shape index (κ3) is 3.49. The second-order valence-corrected chi connectivity index (χ2v) is 6.25. The molecule has 140 valence electrons. The molecule has 2 aromatic heterocycles. The Hall–Kier alpha value is -4.24. The number of aliphatic imine (C=N–C) groups is 1. The zero-order chi connectivity index (χ0) is 20.2. The molecule has 29 heavy (non-hydrogen) atoms. The summed E-state index contributed by atoms with van der Waals surface area (Å²) in [5.74, 6) is -0.598. The van der Waals surface area contributed by atoms with Gasteiger partial charge in [0.05, 0.1) is 24.1 Å². The van der Waals surface area contributed by atoms with E-state index in [1.165, 1.54) is 7.11 Å². The van der Waals surface area contributed by atoms with E-state index >= 15 is 0 Å². The number of aromatic amines is 1. The lowest BCUT2D eigenvalue weighted by Gasteiger charge is -2.10. The molecule has 6 heteroatoms. The summed E-state index contributed by atoms with van der Waals surface area (Å²) in [5, 5.41) is 9.95. The minimum Gasteiger partial charge on any atom is -0.464 e. The quantitative estimate of drug-likeness (QED) is 0.420. The number of benzene rings is 2. The molecule has 6 nitrogen and oxygen atoms in total. The number of fused-ring (bicyclic) bond motifs is 1. The van der Waals surface area contributed by atoms with Crippen molar-refractivity contribution in [2.75, 3.05) is 7.11 Å². The van der Waals surface area contributed by atoms with Crippen molar-refractivity contribution in [2.24, 2.45) is 4.99 Å². The molecule has 0 aliphatic rings. The number of aromatic nitrogens is 2. The Morgan fingerprint density at radius 1 is 1.07 bits per heavy atom. The van der Waals surface area contributed by atoms with Gasteiger partial charge in [0.15, 0.2) is 5.69 Å². The number of ether oxygens (including phenoxy) is 1. The number of H-pyrrole nitrogens is 1. The van der Waals surface area contributed by atoms with E-state index in [1.54, 1.807) is 12.3 Å². The number of carbonyl (C=O) groups excluding carboxylic acids is 1. The molecule has 2 aromatic carbocycles. The van der Waals surface area contributed by atoms with Crippen molar-refractivity contribution in [2.45, 2.75) is 0 Å². The molecular formula is C23H16N4O2. The van der Waals surface area contributed by atoms with Crippen LogP contribution in [0, 0.1) is 11.3 Å². The number of carbonyl (C=O) groups is 1. The van der Waals surface area contributed by atoms with E-state index in [2.05, 4.69) is 16.0 Å². The van der Waals surface area contributed by atoms with Gasteiger partial charge in [0, 0.05) is 22.7 Å². The van der Waals surface area contributed by atoms with E-state index in [0.29, 0.717) is 28.0 Å². The molecule has 2 heterocycles. The second-order valence-electron chi connectivity index (χ2n) is 6.25. The van der Waals surface area contributed by atoms with Gasteiger partial charge in [0.2, 0.25) is 0 Å². The maximum atomic E-state index is 12.4. The van der Waals surface area contributed by atoms with Crippen LogP contribution in [0.2, 0.25) is 0 Å². The average molecular weight is 380 g/mol. The van der Waals surface area contributed by atoms with E-state index in [0.717, 1.165) is 11.1 Å². The summed E-state index contributed by atoms with van der Waals surface area (Å²) in [5.41, 5.74) is 3.75. The lowest BCUT2D eigenvalue weighted by atomic mass is 10.0. The Morgan fingerprint density at radius 3 is 2.24 bits per heavy atom. The minimum absolute atomic E-state index is 0.0794. The molecule has 0 bridgehead atoms. The number of hydrogen-bond acceptors (Lipinski definition) is 5. The molecule has 0 atom stereocenters. The van der Waals surface area contributed by atoms with Crippen LogP contribution in [0.5, 0.6) is 0 Å². The largest absolute Gasteiger partial charge is 0.464 e. The summed E-state index contributed by atoms with van der Waals surface area (Å²) in [6.45, 7) is 0. The summed E-state index contributed by atoms with van der Waals surface area (Å²) in [7, 11) is 1.30. The van der Waals surface area contributed by atoms with Gasteiger partial charge in [-0.15, -0.1) is 0 Å². The van der Waals surface area contributed by atoms with Crippen LogP contribution in [0.15, 0.2) is 77.9 Å². The van der Waals surface area contributed by atoms with Crippen LogP contribution in [0.25, 0.3) is 11.0 Å². The Morgan fingerprint density at radius 2 is 1.69 bits per heavy atom. The Labute approximate surface area is 167 Å². The van der Waals surface area contributed by atoms with Crippen LogP contribution >= 0.6 is 0 Å². The minimum atomic E-state index is -0.598. The first-order valence-corrected chi connectivity index (χ1v) is 8.91. The Bertz CT molecular complexity index is 1210. The monoisotopic (exact) mass is 380 g/mol. The first-order chi connectivity index (χ1) is 14.2. The summed E-state index contributed by atoms with van der Waals surface area (Å²) >= 11 is 0. The van der Waals surface area contributed by atoms with Crippen molar-refractivity contribution in [3.05, 3.63) is 95.3 Å². The Balaban J connectivity index is 2.00. The lowest BCUT2D eigenvalue weighted by Crippen LogP contribution is -2.07. The third-order valence-electron chi connectivity index (χ3n) is 4.47. The number of nitrogens with zero attached hydrogens (tertiary/aromatic N) is 3. The average Bonchev–Trinajstić information content (AvgIpc) is 3.19.